The molecule has 32 heavy (non-hydrogen) atoms. The van der Waals surface area contributed by atoms with Crippen LogP contribution in [-0.4, -0.2) is 21.4 Å². The molecule has 2 aromatic carbocycles. The van der Waals surface area contributed by atoms with Crippen LogP contribution in [0.25, 0.3) is 28.0 Å². The minimum atomic E-state index is -0.0220. The lowest BCUT2D eigenvalue weighted by Crippen LogP contribution is -2.25. The Morgan fingerprint density at radius 3 is 2.47 bits per heavy atom. The van der Waals surface area contributed by atoms with Gasteiger partial charge < -0.3 is 9.88 Å². The van der Waals surface area contributed by atoms with Gasteiger partial charge in [0.15, 0.2) is 0 Å². The number of halogens is 1. The van der Waals surface area contributed by atoms with Crippen LogP contribution in [0.1, 0.15) is 47.8 Å². The number of nitrogens with one attached hydrogen (secondary N) is 1. The van der Waals surface area contributed by atoms with Crippen LogP contribution in [0.3, 0.4) is 0 Å². The number of benzene rings is 2. The van der Waals surface area contributed by atoms with Crippen molar-refractivity contribution in [1.29, 1.82) is 0 Å². The fourth-order valence-electron chi connectivity index (χ4n) is 4.81. The Kier molecular flexibility index (Phi) is 5.56. The molecule has 0 spiro atoms. The highest BCUT2D eigenvalue weighted by Gasteiger charge is 2.29. The first kappa shape index (κ1) is 20.9. The molecule has 5 rings (SSSR count). The summed E-state index contributed by atoms with van der Waals surface area (Å²) in [5.74, 6) is -0.0220. The molecule has 3 heterocycles. The number of hydrogen-bond donors (Lipinski definition) is 1. The van der Waals surface area contributed by atoms with E-state index in [9.17, 15) is 4.79 Å². The molecular formula is C27H28ClN3O. The molecule has 2 aromatic heterocycles. The maximum Gasteiger partial charge on any atom is 0.268 e. The summed E-state index contributed by atoms with van der Waals surface area (Å²) in [6.45, 7) is 5.79. The van der Waals surface area contributed by atoms with Crippen LogP contribution >= 0.6 is 11.6 Å². The normalized spacial score (nSPS) is 13.3. The average Bonchev–Trinajstić information content (AvgIpc) is 3.21. The van der Waals surface area contributed by atoms with E-state index in [-0.39, 0.29) is 5.91 Å². The molecule has 164 valence electrons. The largest absolute Gasteiger partial charge is 0.351 e. The van der Waals surface area contributed by atoms with E-state index in [4.69, 9.17) is 11.6 Å². The highest BCUT2D eigenvalue weighted by Crippen LogP contribution is 2.39. The third-order valence-electron chi connectivity index (χ3n) is 6.36. The molecule has 1 amide bonds. The predicted molar refractivity (Wildman–Crippen MR) is 132 cm³/mol. The number of aromatic nitrogens is 2. The number of amides is 1. The fourth-order valence-corrected chi connectivity index (χ4v) is 4.94. The summed E-state index contributed by atoms with van der Waals surface area (Å²) in [7, 11) is 0. The Balaban J connectivity index is 1.80. The average molecular weight is 446 g/mol. The van der Waals surface area contributed by atoms with E-state index in [1.165, 1.54) is 16.7 Å². The molecule has 0 radical (unpaired) electrons. The van der Waals surface area contributed by atoms with E-state index in [2.05, 4.69) is 58.6 Å². The molecule has 0 unspecified atom stereocenters. The summed E-state index contributed by atoms with van der Waals surface area (Å²) >= 11 is 6.17. The van der Waals surface area contributed by atoms with Gasteiger partial charge in [-0.2, -0.15) is 0 Å². The number of hydrogen-bond acceptors (Lipinski definition) is 1. The second-order valence-electron chi connectivity index (χ2n) is 8.65. The highest BCUT2D eigenvalue weighted by molar-refractivity contribution is 6.30. The molecule has 1 aliphatic heterocycles. The smallest absolute Gasteiger partial charge is 0.268 e. The Bertz CT molecular complexity index is 1280. The topological polar surface area (TPSA) is 38.4 Å². The third-order valence-corrected chi connectivity index (χ3v) is 6.62. The third kappa shape index (κ3) is 3.53. The summed E-state index contributed by atoms with van der Waals surface area (Å²) < 4.78 is 4.54. The van der Waals surface area contributed by atoms with Crippen molar-refractivity contribution in [3.63, 3.8) is 0 Å². The minimum absolute atomic E-state index is 0.0220. The van der Waals surface area contributed by atoms with Gasteiger partial charge in [0, 0.05) is 35.4 Å². The second-order valence-corrected chi connectivity index (χ2v) is 9.08. The lowest BCUT2D eigenvalue weighted by atomic mass is 9.98. The van der Waals surface area contributed by atoms with Crippen LogP contribution in [0.2, 0.25) is 5.02 Å². The Morgan fingerprint density at radius 1 is 1.03 bits per heavy atom. The van der Waals surface area contributed by atoms with E-state index < -0.39 is 0 Å². The summed E-state index contributed by atoms with van der Waals surface area (Å²) in [4.78, 5) is 13.4. The van der Waals surface area contributed by atoms with Crippen LogP contribution in [-0.2, 0) is 13.0 Å². The predicted octanol–water partition coefficient (Wildman–Crippen LogP) is 6.51. The van der Waals surface area contributed by atoms with Crippen LogP contribution in [0.5, 0.6) is 0 Å². The Labute approximate surface area is 193 Å². The summed E-state index contributed by atoms with van der Waals surface area (Å²) in [5.41, 5.74) is 8.79. The number of carbonyl (C=O) groups excluding carboxylic acids is 1. The zero-order valence-corrected chi connectivity index (χ0v) is 19.4. The molecule has 1 aliphatic rings. The first-order valence-corrected chi connectivity index (χ1v) is 11.8. The van der Waals surface area contributed by atoms with Crippen molar-refractivity contribution < 1.29 is 4.79 Å². The molecule has 0 aliphatic carbocycles. The van der Waals surface area contributed by atoms with Gasteiger partial charge in [-0.25, -0.2) is 0 Å². The van der Waals surface area contributed by atoms with Crippen molar-refractivity contribution in [3.05, 3.63) is 76.6 Å². The molecular weight excluding hydrogens is 418 g/mol. The fraction of sp³-hybridized carbons (Fsp3) is 0.296. The molecule has 4 aromatic rings. The molecule has 0 saturated carbocycles. The minimum Gasteiger partial charge on any atom is -0.351 e. The van der Waals surface area contributed by atoms with E-state index >= 15 is 0 Å². The number of nitrogens with zero attached hydrogens (tertiary/aromatic N) is 2. The van der Waals surface area contributed by atoms with Gasteiger partial charge in [-0.15, -0.1) is 0 Å². The number of imidazole rings is 1. The highest BCUT2D eigenvalue weighted by atomic mass is 35.5. The van der Waals surface area contributed by atoms with Gasteiger partial charge >= 0.3 is 0 Å². The monoisotopic (exact) mass is 445 g/mol. The SMILES string of the molecule is CCCNC(=O)c1c(-c2ccc(Cl)cc2)c2c3n(c(-c4ccc(C)cc4)cn13)CCCC2. The van der Waals surface area contributed by atoms with Gasteiger partial charge in [0.25, 0.3) is 5.91 Å². The number of aryl methyl sites for hydroxylation is 3. The van der Waals surface area contributed by atoms with E-state index in [1.54, 1.807) is 0 Å². The first-order chi connectivity index (χ1) is 15.6. The van der Waals surface area contributed by atoms with Gasteiger partial charge in [-0.05, 0) is 55.9 Å². The lowest BCUT2D eigenvalue weighted by molar-refractivity contribution is 0.0948. The Hall–Kier alpha value is -2.98. The van der Waals surface area contributed by atoms with Crippen molar-refractivity contribution in [2.75, 3.05) is 6.54 Å². The maximum atomic E-state index is 13.4. The van der Waals surface area contributed by atoms with Gasteiger partial charge in [0.2, 0.25) is 0 Å². The molecule has 0 atom stereocenters. The van der Waals surface area contributed by atoms with Crippen LogP contribution < -0.4 is 5.32 Å². The Morgan fingerprint density at radius 2 is 1.75 bits per heavy atom. The van der Waals surface area contributed by atoms with Crippen molar-refractivity contribution in [3.8, 4) is 22.4 Å². The van der Waals surface area contributed by atoms with Gasteiger partial charge in [0.05, 0.1) is 5.69 Å². The van der Waals surface area contributed by atoms with Crippen molar-refractivity contribution in [2.45, 2.75) is 46.1 Å². The van der Waals surface area contributed by atoms with Crippen LogP contribution in [0.4, 0.5) is 0 Å². The van der Waals surface area contributed by atoms with Gasteiger partial charge in [-0.1, -0.05) is 60.5 Å². The van der Waals surface area contributed by atoms with E-state index in [1.807, 2.05) is 24.3 Å². The van der Waals surface area contributed by atoms with Crippen LogP contribution in [0, 0.1) is 6.92 Å². The maximum absolute atomic E-state index is 13.4. The zero-order chi connectivity index (χ0) is 22.2. The van der Waals surface area contributed by atoms with Gasteiger partial charge in [0.1, 0.15) is 11.3 Å². The van der Waals surface area contributed by atoms with Crippen LogP contribution in [0.15, 0.2) is 54.7 Å². The quantitative estimate of drug-likeness (QED) is 0.373. The standard InChI is InChI=1S/C27H28ClN3O/c1-3-15-29-26(32)25-24(20-11-13-21(28)14-12-20)22-6-4-5-16-30-23(17-31(25)27(22)30)19-9-7-18(2)8-10-19/h7-14,17H,3-6,15-16H2,1-2H3,(H,29,32). The number of carbonyl (C=O) groups is 1. The number of rotatable bonds is 5. The molecule has 4 nitrogen and oxygen atoms in total. The second kappa shape index (κ2) is 8.51. The van der Waals surface area contributed by atoms with E-state index in [0.717, 1.165) is 60.4 Å². The molecule has 5 heteroatoms. The first-order valence-electron chi connectivity index (χ1n) is 11.5. The molecule has 0 saturated heterocycles. The molecule has 0 fully saturated rings. The van der Waals surface area contributed by atoms with Gasteiger partial charge in [-0.3, -0.25) is 9.20 Å². The lowest BCUT2D eigenvalue weighted by Gasteiger charge is -2.10. The summed E-state index contributed by atoms with van der Waals surface area (Å²) in [6.07, 6.45) is 6.23. The molecule has 1 N–H and O–H groups in total. The summed E-state index contributed by atoms with van der Waals surface area (Å²) in [6, 6.07) is 16.5. The molecule has 0 bridgehead atoms. The summed E-state index contributed by atoms with van der Waals surface area (Å²) in [5, 5.41) is 3.82. The van der Waals surface area contributed by atoms with Crippen molar-refractivity contribution >= 4 is 23.2 Å². The van der Waals surface area contributed by atoms with Crippen molar-refractivity contribution in [2.24, 2.45) is 0 Å². The zero-order valence-electron chi connectivity index (χ0n) is 18.6. The van der Waals surface area contributed by atoms with E-state index in [0.29, 0.717) is 11.6 Å². The van der Waals surface area contributed by atoms with Crippen molar-refractivity contribution in [1.82, 2.24) is 14.3 Å².